The number of aromatic amines is 1. The van der Waals surface area contributed by atoms with Gasteiger partial charge in [-0.05, 0) is 18.2 Å². The zero-order valence-electron chi connectivity index (χ0n) is 20.3. The zero-order chi connectivity index (χ0) is 26.9. The van der Waals surface area contributed by atoms with Crippen molar-refractivity contribution in [3.63, 3.8) is 0 Å². The zero-order valence-corrected chi connectivity index (χ0v) is 21.1. The van der Waals surface area contributed by atoms with Crippen molar-refractivity contribution in [3.05, 3.63) is 70.9 Å². The van der Waals surface area contributed by atoms with Crippen LogP contribution in [0.15, 0.2) is 43.2 Å². The number of H-pyrrole nitrogens is 1. The molecule has 194 valence electrons. The highest BCUT2D eigenvalue weighted by Crippen LogP contribution is 2.42. The van der Waals surface area contributed by atoms with Gasteiger partial charge in [0, 0.05) is 42.7 Å². The quantitative estimate of drug-likeness (QED) is 0.284. The minimum atomic E-state index is -0.847. The number of methoxy groups -OCH3 is 1. The third kappa shape index (κ3) is 4.69. The minimum Gasteiger partial charge on any atom is -0.493 e. The Kier molecular flexibility index (Phi) is 6.80. The van der Waals surface area contributed by atoms with Gasteiger partial charge < -0.3 is 30.4 Å². The number of aromatic nitrogens is 2. The van der Waals surface area contributed by atoms with Gasteiger partial charge in [-0.1, -0.05) is 30.0 Å². The second-order valence-corrected chi connectivity index (χ2v) is 9.17. The number of anilines is 2. The molecule has 1 fully saturated rings. The van der Waals surface area contributed by atoms with Crippen molar-refractivity contribution in [1.82, 2.24) is 20.6 Å². The van der Waals surface area contributed by atoms with Crippen LogP contribution in [0.5, 0.6) is 5.75 Å². The Balaban J connectivity index is 1.63. The number of carbonyl (C=O) groups excluding carboxylic acids is 2. The van der Waals surface area contributed by atoms with Crippen molar-refractivity contribution >= 4 is 34.8 Å². The number of nitrogens with one attached hydrogen (secondary N) is 4. The summed E-state index contributed by atoms with van der Waals surface area (Å²) in [6.07, 6.45) is 4.94. The summed E-state index contributed by atoms with van der Waals surface area (Å²) in [6.45, 7) is 4.42. The van der Waals surface area contributed by atoms with Crippen LogP contribution in [-0.2, 0) is 16.0 Å². The van der Waals surface area contributed by atoms with Crippen LogP contribution in [0, 0.1) is 17.7 Å². The SMILES string of the molecule is C=CC(=O)NC1(C#Cc2cnccc2-c2[nH]c3c(c2Nc2cc(F)cc(Cl)c2OC)C(=O)NCC3)COC1. The van der Waals surface area contributed by atoms with Crippen molar-refractivity contribution in [2.75, 3.05) is 32.2 Å². The lowest BCUT2D eigenvalue weighted by Gasteiger charge is -2.37. The molecule has 1 saturated heterocycles. The normalized spacial score (nSPS) is 15.2. The molecule has 11 heteroatoms. The molecule has 9 nitrogen and oxygen atoms in total. The van der Waals surface area contributed by atoms with E-state index >= 15 is 0 Å². The van der Waals surface area contributed by atoms with Gasteiger partial charge in [0.05, 0.1) is 53.5 Å². The first-order valence-electron chi connectivity index (χ1n) is 11.7. The number of carbonyl (C=O) groups is 2. The Morgan fingerprint density at radius 1 is 1.39 bits per heavy atom. The number of amides is 2. The Bertz CT molecular complexity index is 1520. The van der Waals surface area contributed by atoms with Gasteiger partial charge in [-0.25, -0.2) is 4.39 Å². The topological polar surface area (TPSA) is 117 Å². The summed E-state index contributed by atoms with van der Waals surface area (Å²) in [5, 5.41) is 8.90. The van der Waals surface area contributed by atoms with E-state index in [2.05, 4.69) is 44.3 Å². The number of pyridine rings is 1. The molecule has 4 heterocycles. The van der Waals surface area contributed by atoms with Gasteiger partial charge in [0.15, 0.2) is 5.75 Å². The first-order valence-corrected chi connectivity index (χ1v) is 12.0. The molecular formula is C27H23ClFN5O4. The Morgan fingerprint density at radius 3 is 2.92 bits per heavy atom. The minimum absolute atomic E-state index is 0.0791. The van der Waals surface area contributed by atoms with Crippen molar-refractivity contribution in [1.29, 1.82) is 0 Å². The maximum Gasteiger partial charge on any atom is 0.255 e. The highest BCUT2D eigenvalue weighted by molar-refractivity contribution is 6.32. The maximum absolute atomic E-state index is 14.3. The number of benzene rings is 1. The average molecular weight is 536 g/mol. The molecule has 5 rings (SSSR count). The van der Waals surface area contributed by atoms with Gasteiger partial charge in [-0.15, -0.1) is 0 Å². The monoisotopic (exact) mass is 535 g/mol. The molecule has 1 aromatic carbocycles. The standard InChI is InChI=1S/C27H23ClFN5O4/c1-3-21(35)34-27(13-38-14-27)7-4-15-12-30-8-5-17(15)23-24(22-19(32-23)6-9-31-26(22)36)33-20-11-16(29)10-18(28)25(20)37-2/h3,5,8,10-12,32-33H,1,6,9,13-14H2,2H3,(H,31,36)(H,34,35). The van der Waals surface area contributed by atoms with Crippen LogP contribution in [0.4, 0.5) is 15.8 Å². The molecule has 2 aromatic heterocycles. The van der Waals surface area contributed by atoms with Crippen LogP contribution in [0.25, 0.3) is 11.3 Å². The first kappa shape index (κ1) is 25.3. The van der Waals surface area contributed by atoms with Gasteiger partial charge in [0.1, 0.15) is 11.4 Å². The third-order valence-electron chi connectivity index (χ3n) is 6.21. The van der Waals surface area contributed by atoms with Crippen LogP contribution in [0.2, 0.25) is 5.02 Å². The molecule has 0 saturated carbocycles. The summed E-state index contributed by atoms with van der Waals surface area (Å²) in [4.78, 5) is 32.4. The van der Waals surface area contributed by atoms with Crippen LogP contribution < -0.4 is 20.7 Å². The Labute approximate surface area is 222 Å². The first-order chi connectivity index (χ1) is 18.3. The van der Waals surface area contributed by atoms with Gasteiger partial charge >= 0.3 is 0 Å². The lowest BCUT2D eigenvalue weighted by Crippen LogP contribution is -2.61. The summed E-state index contributed by atoms with van der Waals surface area (Å²) in [6, 6.07) is 4.14. The van der Waals surface area contributed by atoms with E-state index in [1.165, 1.54) is 19.3 Å². The molecule has 38 heavy (non-hydrogen) atoms. The Morgan fingerprint density at radius 2 is 2.21 bits per heavy atom. The van der Waals surface area contributed by atoms with Gasteiger partial charge in [0.25, 0.3) is 5.91 Å². The summed E-state index contributed by atoms with van der Waals surface area (Å²) in [5.41, 5.74) is 2.65. The molecule has 3 aromatic rings. The molecule has 4 N–H and O–H groups in total. The van der Waals surface area contributed by atoms with E-state index in [0.717, 1.165) is 6.07 Å². The lowest BCUT2D eigenvalue weighted by atomic mass is 9.96. The fourth-order valence-electron chi connectivity index (χ4n) is 4.37. The molecular weight excluding hydrogens is 513 g/mol. The number of rotatable bonds is 6. The highest BCUT2D eigenvalue weighted by atomic mass is 35.5. The predicted octanol–water partition coefficient (Wildman–Crippen LogP) is 3.33. The fraction of sp³-hybridized carbons (Fsp3) is 0.222. The third-order valence-corrected chi connectivity index (χ3v) is 6.49. The maximum atomic E-state index is 14.3. The molecule has 0 atom stereocenters. The van der Waals surface area contributed by atoms with E-state index in [-0.39, 0.29) is 41.5 Å². The van der Waals surface area contributed by atoms with E-state index in [0.29, 0.717) is 46.7 Å². The summed E-state index contributed by atoms with van der Waals surface area (Å²) in [7, 11) is 1.42. The van der Waals surface area contributed by atoms with Crippen molar-refractivity contribution in [2.24, 2.45) is 0 Å². The van der Waals surface area contributed by atoms with Gasteiger partial charge in [-0.3, -0.25) is 14.6 Å². The van der Waals surface area contributed by atoms with Crippen LogP contribution in [-0.4, -0.2) is 54.2 Å². The Hall–Kier alpha value is -4.33. The predicted molar refractivity (Wildman–Crippen MR) is 140 cm³/mol. The molecule has 0 radical (unpaired) electrons. The average Bonchev–Trinajstić information content (AvgIpc) is 3.24. The van der Waals surface area contributed by atoms with E-state index in [1.54, 1.807) is 18.5 Å². The summed E-state index contributed by atoms with van der Waals surface area (Å²) < 4.78 is 25.0. The van der Waals surface area contributed by atoms with Gasteiger partial charge in [0.2, 0.25) is 5.91 Å². The summed E-state index contributed by atoms with van der Waals surface area (Å²) >= 11 is 6.21. The molecule has 0 aliphatic carbocycles. The smallest absolute Gasteiger partial charge is 0.255 e. The van der Waals surface area contributed by atoms with Crippen LogP contribution in [0.3, 0.4) is 0 Å². The van der Waals surface area contributed by atoms with Crippen molar-refractivity contribution in [3.8, 4) is 28.8 Å². The van der Waals surface area contributed by atoms with Crippen LogP contribution in [0.1, 0.15) is 21.6 Å². The molecule has 0 bridgehead atoms. The molecule has 2 aliphatic rings. The van der Waals surface area contributed by atoms with Crippen molar-refractivity contribution < 1.29 is 23.5 Å². The molecule has 0 unspecified atom stereocenters. The van der Waals surface area contributed by atoms with E-state index in [4.69, 9.17) is 21.1 Å². The van der Waals surface area contributed by atoms with E-state index < -0.39 is 11.4 Å². The largest absolute Gasteiger partial charge is 0.493 e. The highest BCUT2D eigenvalue weighted by Gasteiger charge is 2.38. The van der Waals surface area contributed by atoms with Crippen LogP contribution >= 0.6 is 11.6 Å². The second-order valence-electron chi connectivity index (χ2n) is 8.77. The summed E-state index contributed by atoms with van der Waals surface area (Å²) in [5.74, 6) is 5.23. The van der Waals surface area contributed by atoms with Gasteiger partial charge in [-0.2, -0.15) is 0 Å². The fourth-order valence-corrected chi connectivity index (χ4v) is 4.65. The number of nitrogens with zero attached hydrogens (tertiary/aromatic N) is 1. The van der Waals surface area contributed by atoms with E-state index in [9.17, 15) is 14.0 Å². The van der Waals surface area contributed by atoms with E-state index in [1.807, 2.05) is 0 Å². The second kappa shape index (κ2) is 10.2. The number of fused-ring (bicyclic) bond motifs is 1. The number of halogens is 2. The molecule has 2 amide bonds. The lowest BCUT2D eigenvalue weighted by molar-refractivity contribution is -0.123. The number of hydrogen-bond donors (Lipinski definition) is 4. The number of ether oxygens (including phenoxy) is 2. The molecule has 2 aliphatic heterocycles. The van der Waals surface area contributed by atoms with Crippen molar-refractivity contribution in [2.45, 2.75) is 12.0 Å². The molecule has 0 spiro atoms. The number of hydrogen-bond acceptors (Lipinski definition) is 6.